The number of ether oxygens (including phenoxy) is 3. The summed E-state index contributed by atoms with van der Waals surface area (Å²) < 4.78 is 44.8. The Kier molecular flexibility index (Phi) is 7.62. The summed E-state index contributed by atoms with van der Waals surface area (Å²) in [6, 6.07) is 9.40. The summed E-state index contributed by atoms with van der Waals surface area (Å²) in [7, 11) is -0.297. The van der Waals surface area contributed by atoms with E-state index < -0.39 is 15.2 Å². The van der Waals surface area contributed by atoms with Crippen LogP contribution in [0.4, 0.5) is 0 Å². The molecule has 1 saturated heterocycles. The van der Waals surface area contributed by atoms with Crippen molar-refractivity contribution in [1.29, 1.82) is 0 Å². The predicted molar refractivity (Wildman–Crippen MR) is 133 cm³/mol. The van der Waals surface area contributed by atoms with E-state index in [0.717, 1.165) is 55.6 Å². The monoisotopic (exact) mass is 508 g/mol. The summed E-state index contributed by atoms with van der Waals surface area (Å²) >= 11 is 0. The Hall–Kier alpha value is -2.00. The summed E-state index contributed by atoms with van der Waals surface area (Å²) in [5.74, 6) is 2.29. The SMILES string of the molecule is COc1cc2c(cc1OC)CN(C(C1CCNCC1)S(=O)(=O)c1ccc3c(c1)CCO3)CC2.Cl. The summed E-state index contributed by atoms with van der Waals surface area (Å²) in [5, 5.41) is 2.83. The van der Waals surface area contributed by atoms with Gasteiger partial charge in [0.15, 0.2) is 21.3 Å². The highest BCUT2D eigenvalue weighted by atomic mass is 35.5. The number of fused-ring (bicyclic) bond motifs is 2. The number of nitrogens with one attached hydrogen (secondary N) is 1. The highest BCUT2D eigenvalue weighted by Crippen LogP contribution is 2.38. The van der Waals surface area contributed by atoms with Crippen molar-refractivity contribution in [3.63, 3.8) is 0 Å². The van der Waals surface area contributed by atoms with E-state index in [4.69, 9.17) is 14.2 Å². The number of nitrogens with zero attached hydrogens (tertiary/aromatic N) is 1. The van der Waals surface area contributed by atoms with Gasteiger partial charge in [-0.2, -0.15) is 0 Å². The molecule has 5 rings (SSSR count). The van der Waals surface area contributed by atoms with Crippen molar-refractivity contribution in [1.82, 2.24) is 10.2 Å². The second-order valence-electron chi connectivity index (χ2n) is 9.09. The Labute approximate surface area is 208 Å². The summed E-state index contributed by atoms with van der Waals surface area (Å²) in [5.41, 5.74) is 3.29. The van der Waals surface area contributed by atoms with E-state index in [1.165, 1.54) is 5.56 Å². The number of hydrogen-bond acceptors (Lipinski definition) is 7. The molecule has 3 aliphatic heterocycles. The van der Waals surface area contributed by atoms with Crippen LogP contribution in [0.2, 0.25) is 0 Å². The number of methoxy groups -OCH3 is 2. The van der Waals surface area contributed by atoms with E-state index in [-0.39, 0.29) is 18.3 Å². The van der Waals surface area contributed by atoms with Crippen LogP contribution in [0.25, 0.3) is 0 Å². The molecular formula is C25H33ClN2O5S. The normalized spacial score (nSPS) is 19.4. The zero-order chi connectivity index (χ0) is 23.0. The van der Waals surface area contributed by atoms with Gasteiger partial charge in [0.05, 0.1) is 25.7 Å². The third kappa shape index (κ3) is 4.61. The number of halogens is 1. The Morgan fingerprint density at radius 1 is 1.00 bits per heavy atom. The van der Waals surface area contributed by atoms with Gasteiger partial charge < -0.3 is 19.5 Å². The van der Waals surface area contributed by atoms with Gasteiger partial charge in [-0.05, 0) is 85.3 Å². The Bertz CT molecular complexity index is 1130. The molecule has 1 unspecified atom stereocenters. The first kappa shape index (κ1) is 25.1. The first-order chi connectivity index (χ1) is 16.0. The molecule has 0 amide bonds. The van der Waals surface area contributed by atoms with Crippen LogP contribution in [0.5, 0.6) is 17.2 Å². The van der Waals surface area contributed by atoms with Crippen molar-refractivity contribution in [3.05, 3.63) is 47.0 Å². The smallest absolute Gasteiger partial charge is 0.194 e. The van der Waals surface area contributed by atoms with Crippen LogP contribution in [0, 0.1) is 5.92 Å². The largest absolute Gasteiger partial charge is 0.493 e. The molecule has 0 spiro atoms. The molecule has 1 atom stereocenters. The fraction of sp³-hybridized carbons (Fsp3) is 0.520. The minimum atomic E-state index is -3.57. The molecule has 9 heteroatoms. The van der Waals surface area contributed by atoms with Gasteiger partial charge in [-0.25, -0.2) is 8.42 Å². The maximum absolute atomic E-state index is 14.1. The minimum absolute atomic E-state index is 0. The first-order valence-corrected chi connectivity index (χ1v) is 13.2. The molecule has 1 N–H and O–H groups in total. The molecule has 0 aliphatic carbocycles. The van der Waals surface area contributed by atoms with Crippen molar-refractivity contribution in [2.45, 2.75) is 42.5 Å². The van der Waals surface area contributed by atoms with Crippen molar-refractivity contribution in [2.24, 2.45) is 5.92 Å². The number of rotatable bonds is 6. The highest BCUT2D eigenvalue weighted by molar-refractivity contribution is 7.92. The van der Waals surface area contributed by atoms with Gasteiger partial charge in [0, 0.05) is 19.5 Å². The molecule has 186 valence electrons. The van der Waals surface area contributed by atoms with Crippen molar-refractivity contribution >= 4 is 22.2 Å². The predicted octanol–water partition coefficient (Wildman–Crippen LogP) is 3.22. The maximum Gasteiger partial charge on any atom is 0.194 e. The third-order valence-electron chi connectivity index (χ3n) is 7.20. The molecule has 2 aromatic carbocycles. The van der Waals surface area contributed by atoms with E-state index >= 15 is 0 Å². The van der Waals surface area contributed by atoms with E-state index in [9.17, 15) is 8.42 Å². The van der Waals surface area contributed by atoms with E-state index in [0.29, 0.717) is 36.1 Å². The number of sulfone groups is 1. The molecule has 2 aromatic rings. The fourth-order valence-corrected chi connectivity index (χ4v) is 7.67. The zero-order valence-corrected chi connectivity index (χ0v) is 21.3. The van der Waals surface area contributed by atoms with Crippen LogP contribution in [0.3, 0.4) is 0 Å². The summed E-state index contributed by atoms with van der Waals surface area (Å²) in [6.45, 7) is 3.60. The zero-order valence-electron chi connectivity index (χ0n) is 19.7. The Balaban J connectivity index is 0.00000274. The second-order valence-corrected chi connectivity index (χ2v) is 11.1. The first-order valence-electron chi connectivity index (χ1n) is 11.7. The lowest BCUT2D eigenvalue weighted by molar-refractivity contribution is 0.159. The number of piperidine rings is 1. The molecule has 7 nitrogen and oxygen atoms in total. The maximum atomic E-state index is 14.1. The lowest BCUT2D eigenvalue weighted by Crippen LogP contribution is -2.50. The van der Waals surface area contributed by atoms with Gasteiger partial charge in [-0.1, -0.05) is 0 Å². The van der Waals surface area contributed by atoms with Crippen LogP contribution in [0.1, 0.15) is 29.5 Å². The quantitative estimate of drug-likeness (QED) is 0.642. The highest BCUT2D eigenvalue weighted by Gasteiger charge is 2.41. The van der Waals surface area contributed by atoms with E-state index in [2.05, 4.69) is 10.2 Å². The number of benzene rings is 2. The molecule has 0 bridgehead atoms. The van der Waals surface area contributed by atoms with Crippen LogP contribution < -0.4 is 19.5 Å². The van der Waals surface area contributed by atoms with Gasteiger partial charge in [0.1, 0.15) is 11.1 Å². The average molecular weight is 509 g/mol. The van der Waals surface area contributed by atoms with Crippen molar-refractivity contribution < 1.29 is 22.6 Å². The topological polar surface area (TPSA) is 77.1 Å². The molecule has 0 radical (unpaired) electrons. The Morgan fingerprint density at radius 3 is 2.41 bits per heavy atom. The fourth-order valence-electron chi connectivity index (χ4n) is 5.48. The standard InChI is InChI=1S/C25H32N2O5S.ClH/c1-30-23-14-18-7-11-27(16-20(18)15-24(23)31-2)25(17-5-9-26-10-6-17)33(28,29)21-3-4-22-19(13-21)8-12-32-22;/h3-4,13-15,17,25-26H,5-12,16H2,1-2H3;1H. The van der Waals surface area contributed by atoms with E-state index in [1.807, 2.05) is 24.3 Å². The third-order valence-corrected chi connectivity index (χ3v) is 9.43. The van der Waals surface area contributed by atoms with Crippen LogP contribution in [-0.2, 0) is 29.2 Å². The van der Waals surface area contributed by atoms with Gasteiger partial charge >= 0.3 is 0 Å². The van der Waals surface area contributed by atoms with Crippen LogP contribution in [-0.4, -0.2) is 59.2 Å². The molecule has 0 saturated carbocycles. The van der Waals surface area contributed by atoms with Gasteiger partial charge in [0.2, 0.25) is 0 Å². The van der Waals surface area contributed by atoms with Crippen LogP contribution in [0.15, 0.2) is 35.2 Å². The van der Waals surface area contributed by atoms with Crippen molar-refractivity contribution in [2.75, 3.05) is 40.5 Å². The molecule has 3 heterocycles. The lowest BCUT2D eigenvalue weighted by Gasteiger charge is -2.40. The lowest BCUT2D eigenvalue weighted by atomic mass is 9.94. The average Bonchev–Trinajstić information content (AvgIpc) is 3.32. The van der Waals surface area contributed by atoms with Crippen molar-refractivity contribution in [3.8, 4) is 17.2 Å². The Morgan fingerprint density at radius 2 is 1.71 bits per heavy atom. The summed E-state index contributed by atoms with van der Waals surface area (Å²) in [4.78, 5) is 2.58. The number of hydrogen-bond donors (Lipinski definition) is 1. The van der Waals surface area contributed by atoms with Crippen LogP contribution >= 0.6 is 12.4 Å². The molecule has 1 fully saturated rings. The minimum Gasteiger partial charge on any atom is -0.493 e. The van der Waals surface area contributed by atoms with Gasteiger partial charge in [-0.3, -0.25) is 4.90 Å². The molecule has 34 heavy (non-hydrogen) atoms. The van der Waals surface area contributed by atoms with Gasteiger partial charge in [0.25, 0.3) is 0 Å². The molecule has 0 aromatic heterocycles. The van der Waals surface area contributed by atoms with Gasteiger partial charge in [-0.15, -0.1) is 12.4 Å². The summed E-state index contributed by atoms with van der Waals surface area (Å²) in [6.07, 6.45) is 3.25. The van der Waals surface area contributed by atoms with E-state index in [1.54, 1.807) is 20.3 Å². The molecule has 3 aliphatic rings. The molecular weight excluding hydrogens is 476 g/mol. The second kappa shape index (κ2) is 10.3.